The Kier molecular flexibility index (Phi) is 3.49. The summed E-state index contributed by atoms with van der Waals surface area (Å²) in [5.41, 5.74) is 0.339. The maximum atomic E-state index is 12.4. The topological polar surface area (TPSA) is 82.8 Å². The normalized spacial score (nSPS) is 11.0. The fraction of sp³-hybridized carbons (Fsp3) is 0. The Bertz CT molecular complexity index is 991. The lowest BCUT2D eigenvalue weighted by Gasteiger charge is -2.08. The van der Waals surface area contributed by atoms with Gasteiger partial charge < -0.3 is 0 Å². The Morgan fingerprint density at radius 3 is 2.55 bits per heavy atom. The molecule has 0 saturated carbocycles. The van der Waals surface area contributed by atoms with Crippen molar-refractivity contribution < 1.29 is 8.42 Å². The molecule has 3 rings (SSSR count). The predicted molar refractivity (Wildman–Crippen MR) is 83.7 cm³/mol. The number of nitrogens with one attached hydrogen (secondary N) is 1. The number of hydrogen-bond acceptors (Lipinski definition) is 4. The van der Waals surface area contributed by atoms with Crippen LogP contribution >= 0.6 is 0 Å². The molecular formula is C16H11N3O2S. The molecule has 0 atom stereocenters. The van der Waals surface area contributed by atoms with Gasteiger partial charge >= 0.3 is 0 Å². The number of nitriles is 1. The molecule has 1 N–H and O–H groups in total. The second-order valence-electron chi connectivity index (χ2n) is 4.66. The standard InChI is InChI=1S/C16H11N3O2S/c17-11-12-7-8-18-16(9-12)19-22(20,21)15-6-5-13-3-1-2-4-14(13)10-15/h1-10H,(H,18,19). The van der Waals surface area contributed by atoms with E-state index in [4.69, 9.17) is 5.26 Å². The molecule has 1 heterocycles. The Labute approximate surface area is 127 Å². The molecule has 6 heteroatoms. The molecule has 5 nitrogen and oxygen atoms in total. The number of hydrogen-bond donors (Lipinski definition) is 1. The first kappa shape index (κ1) is 14.0. The Morgan fingerprint density at radius 1 is 1.00 bits per heavy atom. The van der Waals surface area contributed by atoms with Crippen LogP contribution in [0.25, 0.3) is 10.8 Å². The SMILES string of the molecule is N#Cc1ccnc(NS(=O)(=O)c2ccc3ccccc3c2)c1. The van der Waals surface area contributed by atoms with Crippen molar-refractivity contribution >= 4 is 26.6 Å². The molecule has 0 saturated heterocycles. The zero-order valence-corrected chi connectivity index (χ0v) is 12.2. The highest BCUT2D eigenvalue weighted by atomic mass is 32.2. The van der Waals surface area contributed by atoms with Gasteiger partial charge in [-0.2, -0.15) is 5.26 Å². The van der Waals surface area contributed by atoms with E-state index in [2.05, 4.69) is 9.71 Å². The van der Waals surface area contributed by atoms with Crippen molar-refractivity contribution in [1.29, 1.82) is 5.26 Å². The van der Waals surface area contributed by atoms with Crippen molar-refractivity contribution in [1.82, 2.24) is 4.98 Å². The van der Waals surface area contributed by atoms with Gasteiger partial charge in [0.1, 0.15) is 5.82 Å². The minimum Gasteiger partial charge on any atom is -0.263 e. The molecule has 1 aromatic heterocycles. The molecule has 3 aromatic rings. The molecule has 0 fully saturated rings. The van der Waals surface area contributed by atoms with E-state index in [-0.39, 0.29) is 10.7 Å². The van der Waals surface area contributed by atoms with Gasteiger partial charge in [0.05, 0.1) is 16.5 Å². The van der Waals surface area contributed by atoms with Crippen LogP contribution in [-0.2, 0) is 10.0 Å². The van der Waals surface area contributed by atoms with Crippen LogP contribution in [0.1, 0.15) is 5.56 Å². The van der Waals surface area contributed by atoms with Crippen LogP contribution in [-0.4, -0.2) is 13.4 Å². The van der Waals surface area contributed by atoms with E-state index in [1.807, 2.05) is 30.3 Å². The summed E-state index contributed by atoms with van der Waals surface area (Å²) >= 11 is 0. The van der Waals surface area contributed by atoms with E-state index < -0.39 is 10.0 Å². The molecule has 0 bridgehead atoms. The van der Waals surface area contributed by atoms with Crippen molar-refractivity contribution in [2.45, 2.75) is 4.90 Å². The predicted octanol–water partition coefficient (Wildman–Crippen LogP) is 2.91. The van der Waals surface area contributed by atoms with Crippen molar-refractivity contribution in [2.75, 3.05) is 4.72 Å². The first-order valence-corrected chi connectivity index (χ1v) is 7.94. The van der Waals surface area contributed by atoms with E-state index in [0.29, 0.717) is 5.56 Å². The number of fused-ring (bicyclic) bond motifs is 1. The fourth-order valence-corrected chi connectivity index (χ4v) is 3.12. The second kappa shape index (κ2) is 5.47. The number of aromatic nitrogens is 1. The summed E-state index contributed by atoms with van der Waals surface area (Å²) in [5, 5.41) is 10.6. The highest BCUT2D eigenvalue weighted by molar-refractivity contribution is 7.92. The summed E-state index contributed by atoms with van der Waals surface area (Å²) in [4.78, 5) is 4.07. The maximum Gasteiger partial charge on any atom is 0.263 e. The van der Waals surface area contributed by atoms with Gasteiger partial charge in [-0.25, -0.2) is 13.4 Å². The molecule has 0 aliphatic heterocycles. The van der Waals surface area contributed by atoms with Crippen LogP contribution in [0, 0.1) is 11.3 Å². The van der Waals surface area contributed by atoms with Crippen molar-refractivity contribution in [3.05, 3.63) is 66.4 Å². The number of nitrogens with zero attached hydrogens (tertiary/aromatic N) is 2. The summed E-state index contributed by atoms with van der Waals surface area (Å²) in [6.07, 6.45) is 1.39. The molecule has 2 aromatic carbocycles. The van der Waals surface area contributed by atoms with Crippen LogP contribution < -0.4 is 4.72 Å². The number of benzene rings is 2. The average molecular weight is 309 g/mol. The minimum absolute atomic E-state index is 0.118. The van der Waals surface area contributed by atoms with Gasteiger partial charge in [-0.05, 0) is 35.0 Å². The van der Waals surface area contributed by atoms with Crippen molar-refractivity contribution in [3.8, 4) is 6.07 Å². The molecule has 0 aliphatic rings. The summed E-state index contributed by atoms with van der Waals surface area (Å²) in [5.74, 6) is 0.118. The smallest absolute Gasteiger partial charge is 0.263 e. The van der Waals surface area contributed by atoms with E-state index in [9.17, 15) is 8.42 Å². The van der Waals surface area contributed by atoms with Crippen LogP contribution in [0.2, 0.25) is 0 Å². The molecule has 0 unspecified atom stereocenters. The van der Waals surface area contributed by atoms with Gasteiger partial charge in [-0.1, -0.05) is 30.3 Å². The Morgan fingerprint density at radius 2 is 1.77 bits per heavy atom. The average Bonchev–Trinajstić information content (AvgIpc) is 2.54. The van der Waals surface area contributed by atoms with Crippen molar-refractivity contribution in [2.24, 2.45) is 0 Å². The molecule has 108 valence electrons. The maximum absolute atomic E-state index is 12.4. The monoisotopic (exact) mass is 309 g/mol. The lowest BCUT2D eigenvalue weighted by molar-refractivity contribution is 0.601. The largest absolute Gasteiger partial charge is 0.263 e. The van der Waals surface area contributed by atoms with E-state index in [1.165, 1.54) is 18.3 Å². The summed E-state index contributed by atoms with van der Waals surface area (Å²) in [6, 6.07) is 17.2. The van der Waals surface area contributed by atoms with Gasteiger partial charge in [-0.3, -0.25) is 4.72 Å². The fourth-order valence-electron chi connectivity index (χ4n) is 2.09. The van der Waals surface area contributed by atoms with Crippen molar-refractivity contribution in [3.63, 3.8) is 0 Å². The van der Waals surface area contributed by atoms with Crippen LogP contribution in [0.5, 0.6) is 0 Å². The zero-order valence-electron chi connectivity index (χ0n) is 11.4. The number of anilines is 1. The third-order valence-corrected chi connectivity index (χ3v) is 4.51. The lowest BCUT2D eigenvalue weighted by Crippen LogP contribution is -2.13. The van der Waals surface area contributed by atoms with Gasteiger partial charge in [0, 0.05) is 6.20 Å². The van der Waals surface area contributed by atoms with Crippen LogP contribution in [0.3, 0.4) is 0 Å². The molecular weight excluding hydrogens is 298 g/mol. The quantitative estimate of drug-likeness (QED) is 0.806. The van der Waals surface area contributed by atoms with E-state index in [1.54, 1.807) is 18.2 Å². The molecule has 22 heavy (non-hydrogen) atoms. The molecule has 0 aliphatic carbocycles. The first-order chi connectivity index (χ1) is 10.6. The van der Waals surface area contributed by atoms with E-state index >= 15 is 0 Å². The van der Waals surface area contributed by atoms with Crippen LogP contribution in [0.4, 0.5) is 5.82 Å². The highest BCUT2D eigenvalue weighted by Gasteiger charge is 2.15. The summed E-state index contributed by atoms with van der Waals surface area (Å²) in [7, 11) is -3.75. The van der Waals surface area contributed by atoms with E-state index in [0.717, 1.165) is 10.8 Å². The Balaban J connectivity index is 1.99. The van der Waals surface area contributed by atoms with Gasteiger partial charge in [0.2, 0.25) is 0 Å². The summed E-state index contributed by atoms with van der Waals surface area (Å²) < 4.78 is 27.2. The number of sulfonamides is 1. The second-order valence-corrected chi connectivity index (χ2v) is 6.34. The molecule has 0 spiro atoms. The molecule has 0 amide bonds. The minimum atomic E-state index is -3.75. The lowest BCUT2D eigenvalue weighted by atomic mass is 10.1. The summed E-state index contributed by atoms with van der Waals surface area (Å²) in [6.45, 7) is 0. The van der Waals surface area contributed by atoms with Crippen LogP contribution in [0.15, 0.2) is 65.7 Å². The molecule has 0 radical (unpaired) electrons. The number of pyridine rings is 1. The van der Waals surface area contributed by atoms with Gasteiger partial charge in [0.25, 0.3) is 10.0 Å². The number of rotatable bonds is 3. The Hall–Kier alpha value is -2.91. The third kappa shape index (κ3) is 2.75. The van der Waals surface area contributed by atoms with Gasteiger partial charge in [-0.15, -0.1) is 0 Å². The zero-order chi connectivity index (χ0) is 15.6. The third-order valence-electron chi connectivity index (χ3n) is 3.16. The van der Waals surface area contributed by atoms with Gasteiger partial charge in [0.15, 0.2) is 0 Å². The highest BCUT2D eigenvalue weighted by Crippen LogP contribution is 2.21. The first-order valence-electron chi connectivity index (χ1n) is 6.46.